The molecule has 0 rings (SSSR count). The molecule has 0 N–H and O–H groups in total. The minimum absolute atomic E-state index is 0.0668. The molecule has 2 atom stereocenters. The fourth-order valence-electron chi connectivity index (χ4n) is 6.01. The molecule has 0 aliphatic rings. The lowest BCUT2D eigenvalue weighted by atomic mass is 9.99. The maximum atomic E-state index is 12.6. The predicted octanol–water partition coefficient (Wildman–Crippen LogP) is 12.6. The smallest absolute Gasteiger partial charge is 0.306 e. The molecule has 284 valence electrons. The third-order valence-electron chi connectivity index (χ3n) is 9.58. The second-order valence-electron chi connectivity index (χ2n) is 15.0. The van der Waals surface area contributed by atoms with Crippen LogP contribution in [0.2, 0.25) is 0 Å². The number of ether oxygens (including phenoxy) is 3. The SMILES string of the molecule is CCCCCCCCCCCC(=O)O[C@H](COC(=O)CCCCCCCCCCC(C)CC)COC(=O)CCCCCCCCC(C)C. The lowest BCUT2D eigenvalue weighted by Crippen LogP contribution is -2.30. The molecular weight excluding hydrogens is 600 g/mol. The molecule has 0 bridgehead atoms. The van der Waals surface area contributed by atoms with Crippen LogP contribution < -0.4 is 0 Å². The Morgan fingerprint density at radius 1 is 0.438 bits per heavy atom. The van der Waals surface area contributed by atoms with E-state index in [0.717, 1.165) is 69.6 Å². The molecule has 6 heteroatoms. The van der Waals surface area contributed by atoms with E-state index in [4.69, 9.17) is 14.2 Å². The van der Waals surface area contributed by atoms with E-state index in [9.17, 15) is 14.4 Å². The predicted molar refractivity (Wildman–Crippen MR) is 201 cm³/mol. The Kier molecular flexibility index (Phi) is 34.1. The molecule has 0 aliphatic carbocycles. The van der Waals surface area contributed by atoms with E-state index in [-0.39, 0.29) is 31.1 Å². The molecule has 0 saturated heterocycles. The van der Waals surface area contributed by atoms with Gasteiger partial charge in [-0.3, -0.25) is 14.4 Å². The molecule has 48 heavy (non-hydrogen) atoms. The van der Waals surface area contributed by atoms with Crippen molar-refractivity contribution in [1.82, 2.24) is 0 Å². The Labute approximate surface area is 298 Å². The van der Waals surface area contributed by atoms with Crippen molar-refractivity contribution in [3.05, 3.63) is 0 Å². The summed E-state index contributed by atoms with van der Waals surface area (Å²) in [7, 11) is 0. The fourth-order valence-corrected chi connectivity index (χ4v) is 6.01. The second-order valence-corrected chi connectivity index (χ2v) is 15.0. The number of carbonyl (C=O) groups is 3. The first-order chi connectivity index (χ1) is 23.3. The lowest BCUT2D eigenvalue weighted by Gasteiger charge is -2.18. The highest BCUT2D eigenvalue weighted by Crippen LogP contribution is 2.16. The third-order valence-corrected chi connectivity index (χ3v) is 9.58. The van der Waals surface area contributed by atoms with Gasteiger partial charge in [-0.1, -0.05) is 182 Å². The van der Waals surface area contributed by atoms with Crippen molar-refractivity contribution in [3.8, 4) is 0 Å². The minimum atomic E-state index is -0.759. The van der Waals surface area contributed by atoms with Crippen LogP contribution in [-0.4, -0.2) is 37.2 Å². The van der Waals surface area contributed by atoms with Crippen LogP contribution in [0.1, 0.15) is 221 Å². The van der Waals surface area contributed by atoms with Crippen molar-refractivity contribution in [3.63, 3.8) is 0 Å². The average Bonchev–Trinajstić information content (AvgIpc) is 3.06. The Hall–Kier alpha value is -1.59. The molecule has 0 fully saturated rings. The van der Waals surface area contributed by atoms with E-state index >= 15 is 0 Å². The van der Waals surface area contributed by atoms with E-state index in [1.807, 2.05) is 0 Å². The largest absolute Gasteiger partial charge is 0.462 e. The highest BCUT2D eigenvalue weighted by molar-refractivity contribution is 5.71. The molecule has 0 aromatic heterocycles. The second kappa shape index (κ2) is 35.2. The highest BCUT2D eigenvalue weighted by Gasteiger charge is 2.19. The van der Waals surface area contributed by atoms with Gasteiger partial charge < -0.3 is 14.2 Å². The quantitative estimate of drug-likeness (QED) is 0.0372. The summed E-state index contributed by atoms with van der Waals surface area (Å²) >= 11 is 0. The Bertz CT molecular complexity index is 736. The van der Waals surface area contributed by atoms with Gasteiger partial charge in [0.1, 0.15) is 13.2 Å². The summed E-state index contributed by atoms with van der Waals surface area (Å²) in [4.78, 5) is 37.5. The number of rotatable bonds is 36. The molecular formula is C42H80O6. The molecule has 0 aromatic rings. The summed E-state index contributed by atoms with van der Waals surface area (Å²) in [5.41, 5.74) is 0. The number of unbranched alkanes of at least 4 members (excludes halogenated alkanes) is 20. The number of carbonyl (C=O) groups excluding carboxylic acids is 3. The summed E-state index contributed by atoms with van der Waals surface area (Å²) in [6.45, 7) is 11.2. The Morgan fingerprint density at radius 2 is 0.792 bits per heavy atom. The number of esters is 3. The van der Waals surface area contributed by atoms with Gasteiger partial charge in [-0.15, -0.1) is 0 Å². The van der Waals surface area contributed by atoms with Crippen LogP contribution in [0.3, 0.4) is 0 Å². The molecule has 0 radical (unpaired) electrons. The molecule has 1 unspecified atom stereocenters. The summed E-state index contributed by atoms with van der Waals surface area (Å²) in [5, 5.41) is 0. The zero-order valence-electron chi connectivity index (χ0n) is 32.6. The normalized spacial score (nSPS) is 12.6. The molecule has 0 heterocycles. The number of hydrogen-bond acceptors (Lipinski definition) is 6. The van der Waals surface area contributed by atoms with E-state index in [1.54, 1.807) is 0 Å². The Balaban J connectivity index is 4.35. The molecule has 0 aliphatic heterocycles. The van der Waals surface area contributed by atoms with E-state index in [1.165, 1.54) is 109 Å². The van der Waals surface area contributed by atoms with Crippen LogP contribution in [0.25, 0.3) is 0 Å². The van der Waals surface area contributed by atoms with Gasteiger partial charge in [0, 0.05) is 19.3 Å². The van der Waals surface area contributed by atoms with Gasteiger partial charge in [0.15, 0.2) is 6.10 Å². The molecule has 0 spiro atoms. The van der Waals surface area contributed by atoms with Crippen LogP contribution in [0, 0.1) is 11.8 Å². The first kappa shape index (κ1) is 46.4. The zero-order chi connectivity index (χ0) is 35.5. The summed E-state index contributed by atoms with van der Waals surface area (Å²) in [6, 6.07) is 0. The highest BCUT2D eigenvalue weighted by atomic mass is 16.6. The van der Waals surface area contributed by atoms with Gasteiger partial charge in [-0.25, -0.2) is 0 Å². The lowest BCUT2D eigenvalue weighted by molar-refractivity contribution is -0.167. The van der Waals surface area contributed by atoms with Gasteiger partial charge in [-0.2, -0.15) is 0 Å². The van der Waals surface area contributed by atoms with Crippen LogP contribution in [0.15, 0.2) is 0 Å². The maximum Gasteiger partial charge on any atom is 0.306 e. The molecule has 0 aromatic carbocycles. The zero-order valence-corrected chi connectivity index (χ0v) is 32.6. The maximum absolute atomic E-state index is 12.6. The van der Waals surface area contributed by atoms with E-state index < -0.39 is 6.10 Å². The van der Waals surface area contributed by atoms with Gasteiger partial charge in [-0.05, 0) is 31.1 Å². The molecule has 0 amide bonds. The van der Waals surface area contributed by atoms with Gasteiger partial charge in [0.25, 0.3) is 0 Å². The van der Waals surface area contributed by atoms with Crippen molar-refractivity contribution >= 4 is 17.9 Å². The van der Waals surface area contributed by atoms with Crippen LogP contribution in [0.5, 0.6) is 0 Å². The van der Waals surface area contributed by atoms with Gasteiger partial charge in [0.05, 0.1) is 0 Å². The first-order valence-corrected chi connectivity index (χ1v) is 20.8. The minimum Gasteiger partial charge on any atom is -0.462 e. The van der Waals surface area contributed by atoms with Crippen LogP contribution in [0.4, 0.5) is 0 Å². The van der Waals surface area contributed by atoms with Crippen molar-refractivity contribution in [2.24, 2.45) is 11.8 Å². The molecule has 6 nitrogen and oxygen atoms in total. The van der Waals surface area contributed by atoms with E-state index in [2.05, 4.69) is 34.6 Å². The van der Waals surface area contributed by atoms with Crippen molar-refractivity contribution in [2.45, 2.75) is 227 Å². The fraction of sp³-hybridized carbons (Fsp3) is 0.929. The summed E-state index contributed by atoms with van der Waals surface area (Å²) in [6.07, 6.45) is 31.0. The van der Waals surface area contributed by atoms with Crippen LogP contribution in [-0.2, 0) is 28.6 Å². The standard InChI is InChI=1S/C42H80O6/c1-6-8-9-10-11-12-17-24-29-34-42(45)48-39(36-47-41(44)33-28-23-19-18-20-25-30-37(3)4)35-46-40(43)32-27-22-16-14-13-15-21-26-31-38(5)7-2/h37-39H,6-36H2,1-5H3/t38?,39-/m1/s1. The summed E-state index contributed by atoms with van der Waals surface area (Å²) in [5.74, 6) is 0.740. The van der Waals surface area contributed by atoms with Crippen LogP contribution >= 0.6 is 0 Å². The first-order valence-electron chi connectivity index (χ1n) is 20.8. The average molecular weight is 681 g/mol. The number of hydrogen-bond donors (Lipinski definition) is 0. The Morgan fingerprint density at radius 3 is 1.19 bits per heavy atom. The van der Waals surface area contributed by atoms with Crippen molar-refractivity contribution < 1.29 is 28.6 Å². The van der Waals surface area contributed by atoms with Gasteiger partial charge in [0.2, 0.25) is 0 Å². The topological polar surface area (TPSA) is 78.9 Å². The van der Waals surface area contributed by atoms with Gasteiger partial charge >= 0.3 is 17.9 Å². The molecule has 0 saturated carbocycles. The third kappa shape index (κ3) is 34.3. The van der Waals surface area contributed by atoms with Crippen molar-refractivity contribution in [2.75, 3.05) is 13.2 Å². The van der Waals surface area contributed by atoms with Crippen molar-refractivity contribution in [1.29, 1.82) is 0 Å². The monoisotopic (exact) mass is 681 g/mol. The van der Waals surface area contributed by atoms with E-state index in [0.29, 0.717) is 19.3 Å². The summed E-state index contributed by atoms with van der Waals surface area (Å²) < 4.78 is 16.6.